The Morgan fingerprint density at radius 3 is 2.37 bits per heavy atom. The maximum atomic E-state index is 5.78. The average molecular weight is 270 g/mol. The van der Waals surface area contributed by atoms with Crippen molar-refractivity contribution in [2.75, 3.05) is 26.2 Å². The second-order valence-electron chi connectivity index (χ2n) is 7.90. The zero-order chi connectivity index (χ0) is 14.7. The van der Waals surface area contributed by atoms with Gasteiger partial charge in [-0.25, -0.2) is 0 Å². The van der Waals surface area contributed by atoms with Crippen molar-refractivity contribution in [1.82, 2.24) is 10.2 Å². The van der Waals surface area contributed by atoms with Gasteiger partial charge in [0.15, 0.2) is 0 Å². The monoisotopic (exact) mass is 270 g/mol. The van der Waals surface area contributed by atoms with E-state index < -0.39 is 0 Å². The van der Waals surface area contributed by atoms with E-state index in [0.29, 0.717) is 12.1 Å². The number of hydrogen-bond acceptors (Lipinski definition) is 3. The Labute approximate surface area is 120 Å². The number of morpholine rings is 1. The molecule has 1 heterocycles. The molecule has 1 N–H and O–H groups in total. The third-order valence-corrected chi connectivity index (χ3v) is 3.78. The van der Waals surface area contributed by atoms with Crippen molar-refractivity contribution < 1.29 is 4.74 Å². The maximum Gasteiger partial charge on any atom is 0.0674 e. The van der Waals surface area contributed by atoms with Crippen molar-refractivity contribution in [2.24, 2.45) is 5.41 Å². The second kappa shape index (κ2) is 6.55. The third-order valence-electron chi connectivity index (χ3n) is 3.78. The molecule has 0 aromatic carbocycles. The van der Waals surface area contributed by atoms with Gasteiger partial charge in [0.25, 0.3) is 0 Å². The second-order valence-corrected chi connectivity index (χ2v) is 7.90. The molecule has 0 radical (unpaired) electrons. The Morgan fingerprint density at radius 1 is 1.21 bits per heavy atom. The molecule has 0 aromatic heterocycles. The van der Waals surface area contributed by atoms with E-state index in [2.05, 4.69) is 58.7 Å². The molecule has 3 heteroatoms. The summed E-state index contributed by atoms with van der Waals surface area (Å²) in [5, 5.41) is 3.64. The molecule has 0 aromatic rings. The Morgan fingerprint density at radius 2 is 1.84 bits per heavy atom. The molecule has 0 bridgehead atoms. The fraction of sp³-hybridized carbons (Fsp3) is 1.00. The lowest BCUT2D eigenvalue weighted by atomic mass is 9.90. The lowest BCUT2D eigenvalue weighted by molar-refractivity contribution is -0.0666. The summed E-state index contributed by atoms with van der Waals surface area (Å²) in [7, 11) is 0. The normalized spacial score (nSPS) is 26.7. The standard InChI is InChI=1S/C16H34N2O/c1-8-14-10-19-13(2)9-18(14)12-16(6,7)11-17-15(3,4)5/h13-14,17H,8-12H2,1-7H3. The highest BCUT2D eigenvalue weighted by Gasteiger charge is 2.31. The third kappa shape index (κ3) is 6.24. The van der Waals surface area contributed by atoms with Crippen LogP contribution in [0.1, 0.15) is 54.9 Å². The van der Waals surface area contributed by atoms with E-state index in [4.69, 9.17) is 4.74 Å². The van der Waals surface area contributed by atoms with Crippen LogP contribution in [-0.4, -0.2) is 48.8 Å². The van der Waals surface area contributed by atoms with Crippen molar-refractivity contribution in [3.8, 4) is 0 Å². The van der Waals surface area contributed by atoms with Crippen LogP contribution in [0.5, 0.6) is 0 Å². The van der Waals surface area contributed by atoms with Crippen molar-refractivity contribution in [3.05, 3.63) is 0 Å². The van der Waals surface area contributed by atoms with Gasteiger partial charge in [-0.3, -0.25) is 4.90 Å². The topological polar surface area (TPSA) is 24.5 Å². The molecule has 3 nitrogen and oxygen atoms in total. The summed E-state index contributed by atoms with van der Waals surface area (Å²) in [6, 6.07) is 0.588. The van der Waals surface area contributed by atoms with Gasteiger partial charge in [-0.2, -0.15) is 0 Å². The molecule has 0 aliphatic carbocycles. The Balaban J connectivity index is 2.54. The highest BCUT2D eigenvalue weighted by Crippen LogP contribution is 2.23. The molecular formula is C16H34N2O. The lowest BCUT2D eigenvalue weighted by Gasteiger charge is -2.43. The molecule has 0 spiro atoms. The van der Waals surface area contributed by atoms with Crippen LogP contribution in [0, 0.1) is 5.41 Å². The van der Waals surface area contributed by atoms with Gasteiger partial charge >= 0.3 is 0 Å². The van der Waals surface area contributed by atoms with E-state index in [-0.39, 0.29) is 11.0 Å². The Bertz CT molecular complexity index is 270. The minimum Gasteiger partial charge on any atom is -0.376 e. The molecular weight excluding hydrogens is 236 g/mol. The van der Waals surface area contributed by atoms with Gasteiger partial charge in [-0.1, -0.05) is 20.8 Å². The summed E-state index contributed by atoms with van der Waals surface area (Å²) in [5.74, 6) is 0. The zero-order valence-electron chi connectivity index (χ0n) is 14.0. The van der Waals surface area contributed by atoms with Crippen LogP contribution in [0.25, 0.3) is 0 Å². The van der Waals surface area contributed by atoms with Crippen LogP contribution in [0.4, 0.5) is 0 Å². The van der Waals surface area contributed by atoms with E-state index in [0.717, 1.165) is 26.2 Å². The van der Waals surface area contributed by atoms with E-state index in [1.165, 1.54) is 6.42 Å². The first-order chi connectivity index (χ1) is 8.63. The summed E-state index contributed by atoms with van der Waals surface area (Å²) < 4.78 is 5.78. The highest BCUT2D eigenvalue weighted by atomic mass is 16.5. The Hall–Kier alpha value is -0.120. The molecule has 0 saturated carbocycles. The van der Waals surface area contributed by atoms with Gasteiger partial charge in [-0.05, 0) is 39.5 Å². The van der Waals surface area contributed by atoms with Gasteiger partial charge in [0.05, 0.1) is 12.7 Å². The molecule has 2 atom stereocenters. The minimum absolute atomic E-state index is 0.194. The van der Waals surface area contributed by atoms with Crippen LogP contribution >= 0.6 is 0 Å². The molecule has 114 valence electrons. The zero-order valence-corrected chi connectivity index (χ0v) is 14.0. The van der Waals surface area contributed by atoms with E-state index in [9.17, 15) is 0 Å². The van der Waals surface area contributed by atoms with Crippen molar-refractivity contribution in [2.45, 2.75) is 72.6 Å². The first-order valence-corrected chi connectivity index (χ1v) is 7.73. The summed E-state index contributed by atoms with van der Waals surface area (Å²) in [6.45, 7) is 20.0. The fourth-order valence-electron chi connectivity index (χ4n) is 2.59. The highest BCUT2D eigenvalue weighted by molar-refractivity contribution is 4.85. The lowest BCUT2D eigenvalue weighted by Crippen LogP contribution is -2.54. The van der Waals surface area contributed by atoms with Crippen LogP contribution in [-0.2, 0) is 4.74 Å². The largest absolute Gasteiger partial charge is 0.376 e. The van der Waals surface area contributed by atoms with Crippen molar-refractivity contribution in [3.63, 3.8) is 0 Å². The number of nitrogens with zero attached hydrogens (tertiary/aromatic N) is 1. The maximum absolute atomic E-state index is 5.78. The fourth-order valence-corrected chi connectivity index (χ4v) is 2.59. The van der Waals surface area contributed by atoms with Crippen molar-refractivity contribution >= 4 is 0 Å². The van der Waals surface area contributed by atoms with Crippen molar-refractivity contribution in [1.29, 1.82) is 0 Å². The van der Waals surface area contributed by atoms with Gasteiger partial charge in [0, 0.05) is 31.2 Å². The quantitative estimate of drug-likeness (QED) is 0.831. The van der Waals surface area contributed by atoms with Gasteiger partial charge in [0.1, 0.15) is 0 Å². The van der Waals surface area contributed by atoms with Crippen LogP contribution in [0.2, 0.25) is 0 Å². The number of rotatable bonds is 5. The first-order valence-electron chi connectivity index (χ1n) is 7.73. The van der Waals surface area contributed by atoms with Crippen LogP contribution in [0.3, 0.4) is 0 Å². The number of hydrogen-bond donors (Lipinski definition) is 1. The average Bonchev–Trinajstić information content (AvgIpc) is 2.26. The van der Waals surface area contributed by atoms with Gasteiger partial charge < -0.3 is 10.1 Å². The predicted molar refractivity (Wildman–Crippen MR) is 82.6 cm³/mol. The van der Waals surface area contributed by atoms with E-state index >= 15 is 0 Å². The molecule has 1 aliphatic rings. The summed E-state index contributed by atoms with van der Waals surface area (Å²) in [6.07, 6.45) is 1.55. The molecule has 2 unspecified atom stereocenters. The summed E-state index contributed by atoms with van der Waals surface area (Å²) >= 11 is 0. The van der Waals surface area contributed by atoms with E-state index in [1.807, 2.05) is 0 Å². The minimum atomic E-state index is 0.194. The molecule has 1 aliphatic heterocycles. The molecule has 1 fully saturated rings. The summed E-state index contributed by atoms with van der Waals surface area (Å²) in [4.78, 5) is 2.62. The smallest absolute Gasteiger partial charge is 0.0674 e. The number of ether oxygens (including phenoxy) is 1. The first kappa shape index (κ1) is 16.9. The van der Waals surface area contributed by atoms with Crippen LogP contribution < -0.4 is 5.32 Å². The Kier molecular flexibility index (Phi) is 5.84. The summed E-state index contributed by atoms with van der Waals surface area (Å²) in [5.41, 5.74) is 0.484. The molecule has 19 heavy (non-hydrogen) atoms. The molecule has 1 saturated heterocycles. The van der Waals surface area contributed by atoms with Crippen LogP contribution in [0.15, 0.2) is 0 Å². The van der Waals surface area contributed by atoms with Gasteiger partial charge in [-0.15, -0.1) is 0 Å². The molecule has 0 amide bonds. The predicted octanol–water partition coefficient (Wildman–Crippen LogP) is 2.90. The molecule has 1 rings (SSSR count). The SMILES string of the molecule is CCC1COC(C)CN1CC(C)(C)CNC(C)(C)C. The van der Waals surface area contributed by atoms with Gasteiger partial charge in [0.2, 0.25) is 0 Å². The number of nitrogens with one attached hydrogen (secondary N) is 1. The van der Waals surface area contributed by atoms with E-state index in [1.54, 1.807) is 0 Å².